The fraction of sp³-hybridized carbons (Fsp3) is 0.312. The number of benzene rings is 3. The topological polar surface area (TPSA) is 84.6 Å². The quantitative estimate of drug-likeness (QED) is 0.145. The van der Waals surface area contributed by atoms with Crippen molar-refractivity contribution in [2.24, 2.45) is 4.99 Å². The number of alkyl halides is 5. The van der Waals surface area contributed by atoms with E-state index in [1.54, 1.807) is 0 Å². The number of aliphatic imine (C=N–C) groups is 1. The number of thioether (sulfide) groups is 1. The van der Waals surface area contributed by atoms with Gasteiger partial charge < -0.3 is 15.0 Å². The molecule has 1 aliphatic rings. The zero-order valence-corrected chi connectivity index (χ0v) is 25.8. The molecule has 1 fully saturated rings. The van der Waals surface area contributed by atoms with Crippen LogP contribution in [0.4, 0.5) is 32.4 Å². The van der Waals surface area contributed by atoms with Gasteiger partial charge in [0.15, 0.2) is 17.2 Å². The van der Waals surface area contributed by atoms with E-state index < -0.39 is 24.9 Å². The molecule has 2 atom stereocenters. The summed E-state index contributed by atoms with van der Waals surface area (Å²) in [6, 6.07) is 16.0. The Morgan fingerprint density at radius 2 is 1.83 bits per heavy atom. The highest BCUT2D eigenvalue weighted by Crippen LogP contribution is 2.31. The van der Waals surface area contributed by atoms with Crippen molar-refractivity contribution in [3.05, 3.63) is 89.7 Å². The highest BCUT2D eigenvalue weighted by atomic mass is 32.2. The summed E-state index contributed by atoms with van der Waals surface area (Å²) in [5.74, 6) is 0.634. The number of aromatic nitrogens is 3. The molecule has 4 aromatic rings. The molecule has 1 aromatic heterocycles. The number of carbonyl (C=O) groups is 1. The van der Waals surface area contributed by atoms with Crippen molar-refractivity contribution in [2.45, 2.75) is 51.9 Å². The second-order valence-electron chi connectivity index (χ2n) is 10.6. The third-order valence-corrected chi connectivity index (χ3v) is 8.13. The third kappa shape index (κ3) is 8.22. The molecule has 2 heterocycles. The predicted molar refractivity (Wildman–Crippen MR) is 168 cm³/mol. The first-order chi connectivity index (χ1) is 22.0. The fourth-order valence-electron chi connectivity index (χ4n) is 4.90. The molecule has 3 aromatic carbocycles. The molecule has 2 amide bonds. The first-order valence-corrected chi connectivity index (χ1v) is 15.5. The van der Waals surface area contributed by atoms with Gasteiger partial charge in [-0.25, -0.2) is 23.2 Å². The second kappa shape index (κ2) is 14.3. The summed E-state index contributed by atoms with van der Waals surface area (Å²) in [6.07, 6.45) is -5.24. The molecule has 0 aliphatic carbocycles. The van der Waals surface area contributed by atoms with Crippen LogP contribution in [0.25, 0.3) is 17.1 Å². The largest absolute Gasteiger partial charge is 0.573 e. The summed E-state index contributed by atoms with van der Waals surface area (Å²) in [7, 11) is 0. The summed E-state index contributed by atoms with van der Waals surface area (Å²) in [4.78, 5) is 23.0. The van der Waals surface area contributed by atoms with Gasteiger partial charge in [-0.3, -0.25) is 0 Å². The van der Waals surface area contributed by atoms with E-state index >= 15 is 4.39 Å². The number of ether oxygens (including phenoxy) is 1. The molecule has 242 valence electrons. The first kappa shape index (κ1) is 32.9. The van der Waals surface area contributed by atoms with Crippen molar-refractivity contribution in [3.63, 3.8) is 0 Å². The van der Waals surface area contributed by atoms with Crippen LogP contribution in [-0.4, -0.2) is 50.9 Å². The molecule has 46 heavy (non-hydrogen) atoms. The Labute approximate surface area is 266 Å². The van der Waals surface area contributed by atoms with Gasteiger partial charge in [0.2, 0.25) is 6.30 Å². The Bertz CT molecular complexity index is 1680. The molecule has 1 saturated heterocycles. The van der Waals surface area contributed by atoms with Gasteiger partial charge in [0.1, 0.15) is 12.1 Å². The van der Waals surface area contributed by atoms with Gasteiger partial charge in [0, 0.05) is 23.5 Å². The number of rotatable bonds is 9. The average molecular weight is 659 g/mol. The summed E-state index contributed by atoms with van der Waals surface area (Å²) in [5, 5.41) is 6.77. The smallest absolute Gasteiger partial charge is 0.406 e. The maximum atomic E-state index is 15.1. The molecule has 2 unspecified atom stereocenters. The molecular weight excluding hydrogens is 627 g/mol. The number of halogens is 5. The number of nitrogens with zero attached hydrogens (tertiary/aromatic N) is 5. The van der Waals surface area contributed by atoms with E-state index in [4.69, 9.17) is 0 Å². The van der Waals surface area contributed by atoms with E-state index in [2.05, 4.69) is 38.9 Å². The Morgan fingerprint density at radius 1 is 1.09 bits per heavy atom. The lowest BCUT2D eigenvalue weighted by Crippen LogP contribution is -2.38. The average Bonchev–Trinajstić information content (AvgIpc) is 3.52. The summed E-state index contributed by atoms with van der Waals surface area (Å²) in [6.45, 7) is 4.75. The van der Waals surface area contributed by atoms with E-state index in [-0.39, 0.29) is 17.1 Å². The lowest BCUT2D eigenvalue weighted by molar-refractivity contribution is -0.274. The molecule has 1 aliphatic heterocycles. The molecule has 0 spiro atoms. The highest BCUT2D eigenvalue weighted by molar-refractivity contribution is 8.14. The zero-order chi connectivity index (χ0) is 32.8. The van der Waals surface area contributed by atoms with Gasteiger partial charge in [-0.05, 0) is 66.8 Å². The maximum Gasteiger partial charge on any atom is 0.573 e. The molecular formula is C32H31F5N6O2S. The molecule has 0 radical (unpaired) electrons. The third-order valence-electron chi connectivity index (χ3n) is 7.07. The number of urea groups is 1. The van der Waals surface area contributed by atoms with Crippen LogP contribution in [0.1, 0.15) is 42.6 Å². The van der Waals surface area contributed by atoms with E-state index in [0.29, 0.717) is 23.0 Å². The van der Waals surface area contributed by atoms with Crippen molar-refractivity contribution in [1.29, 1.82) is 0 Å². The van der Waals surface area contributed by atoms with Crippen molar-refractivity contribution < 1.29 is 31.5 Å². The van der Waals surface area contributed by atoms with Gasteiger partial charge in [-0.15, -0.1) is 18.3 Å². The minimum Gasteiger partial charge on any atom is -0.406 e. The lowest BCUT2D eigenvalue weighted by Gasteiger charge is -2.31. The SMILES string of the molecule is CCCc1ccc(C)cc1N1CCCSC1=NC(=O)NC(F)C(F)c1ccc(-c2ncn(-c3ccc(OC(F)(F)F)cc3)n2)cc1. The number of nitrogens with one attached hydrogen (secondary N) is 1. The van der Waals surface area contributed by atoms with Gasteiger partial charge in [-0.1, -0.05) is 61.5 Å². The van der Waals surface area contributed by atoms with Crippen LogP contribution in [0.2, 0.25) is 0 Å². The number of hydrogen-bond donors (Lipinski definition) is 1. The Hall–Kier alpha value is -4.46. The van der Waals surface area contributed by atoms with Crippen molar-refractivity contribution in [2.75, 3.05) is 17.2 Å². The minimum atomic E-state index is -4.80. The zero-order valence-electron chi connectivity index (χ0n) is 25.0. The molecule has 1 N–H and O–H groups in total. The lowest BCUT2D eigenvalue weighted by atomic mass is 10.0. The van der Waals surface area contributed by atoms with Gasteiger partial charge >= 0.3 is 12.4 Å². The van der Waals surface area contributed by atoms with E-state index in [1.165, 1.54) is 59.2 Å². The number of anilines is 1. The van der Waals surface area contributed by atoms with Crippen molar-refractivity contribution in [1.82, 2.24) is 20.1 Å². The highest BCUT2D eigenvalue weighted by Gasteiger charge is 2.31. The van der Waals surface area contributed by atoms with Crippen molar-refractivity contribution >= 4 is 28.6 Å². The van der Waals surface area contributed by atoms with Gasteiger partial charge in [0.25, 0.3) is 0 Å². The van der Waals surface area contributed by atoms with Gasteiger partial charge in [-0.2, -0.15) is 4.99 Å². The van der Waals surface area contributed by atoms with Crippen LogP contribution in [0.15, 0.2) is 78.0 Å². The Kier molecular flexibility index (Phi) is 10.2. The summed E-state index contributed by atoms with van der Waals surface area (Å²) in [5.41, 5.74) is 4.08. The number of amides is 2. The maximum absolute atomic E-state index is 15.1. The van der Waals surface area contributed by atoms with E-state index in [1.807, 2.05) is 23.2 Å². The normalized spacial score (nSPS) is 15.9. The Balaban J connectivity index is 1.23. The van der Waals surface area contributed by atoms with Gasteiger partial charge in [0.05, 0.1) is 5.69 Å². The van der Waals surface area contributed by atoms with E-state index in [0.717, 1.165) is 54.0 Å². The van der Waals surface area contributed by atoms with E-state index in [9.17, 15) is 22.4 Å². The number of amidine groups is 1. The number of carbonyl (C=O) groups excluding carboxylic acids is 1. The van der Waals surface area contributed by atoms with Crippen LogP contribution in [0.5, 0.6) is 5.75 Å². The molecule has 8 nitrogen and oxygen atoms in total. The van der Waals surface area contributed by atoms with Crippen LogP contribution < -0.4 is 15.0 Å². The minimum absolute atomic E-state index is 0.0125. The molecule has 14 heteroatoms. The van der Waals surface area contributed by atoms with Crippen molar-refractivity contribution in [3.8, 4) is 22.8 Å². The molecule has 0 saturated carbocycles. The standard InChI is InChI=1S/C32H31F5N6O2S/c1-3-5-21-7-6-20(2)18-26(21)42-16-4-17-46-31(42)40-30(44)39-28(34)27(33)22-8-10-23(11-9-22)29-38-19-43(41-29)24-12-14-25(15-13-24)45-32(35,36)37/h6-15,18-19,27-28H,3-5,16-17H2,1-2H3,(H,39,44). The van der Waals surface area contributed by atoms with Crippen LogP contribution in [0.3, 0.4) is 0 Å². The molecule has 0 bridgehead atoms. The Morgan fingerprint density at radius 3 is 2.52 bits per heavy atom. The number of aryl methyl sites for hydroxylation is 2. The molecule has 5 rings (SSSR count). The monoisotopic (exact) mass is 658 g/mol. The van der Waals surface area contributed by atoms with Crippen LogP contribution >= 0.6 is 11.8 Å². The number of hydrogen-bond acceptors (Lipinski definition) is 5. The summed E-state index contributed by atoms with van der Waals surface area (Å²) < 4.78 is 72.5. The predicted octanol–water partition coefficient (Wildman–Crippen LogP) is 8.11. The summed E-state index contributed by atoms with van der Waals surface area (Å²) >= 11 is 1.40. The fourth-order valence-corrected chi connectivity index (χ4v) is 5.85. The first-order valence-electron chi connectivity index (χ1n) is 14.6. The van der Waals surface area contributed by atoms with Crippen LogP contribution in [-0.2, 0) is 6.42 Å². The second-order valence-corrected chi connectivity index (χ2v) is 11.6. The van der Waals surface area contributed by atoms with Crippen LogP contribution in [0, 0.1) is 6.92 Å².